The highest BCUT2D eigenvalue weighted by atomic mass is 79.9. The van der Waals surface area contributed by atoms with Gasteiger partial charge in [0, 0.05) is 11.9 Å². The van der Waals surface area contributed by atoms with Gasteiger partial charge in [-0.05, 0) is 24.3 Å². The average Bonchev–Trinajstić information content (AvgIpc) is 2.23. The largest absolute Gasteiger partial charge is 0.373 e. The van der Waals surface area contributed by atoms with E-state index < -0.39 is 0 Å². The third-order valence-electron chi connectivity index (χ3n) is 2.73. The van der Waals surface area contributed by atoms with Crippen molar-refractivity contribution >= 4 is 15.9 Å². The smallest absolute Gasteiger partial charge is 0.0921 e. The van der Waals surface area contributed by atoms with Crippen LogP contribution in [0.2, 0.25) is 0 Å². The minimum Gasteiger partial charge on any atom is -0.373 e. The van der Waals surface area contributed by atoms with Crippen LogP contribution in [-0.2, 0) is 4.74 Å². The molecule has 96 valence electrons. The number of hydrogen-bond donors (Lipinski definition) is 0. The molecule has 0 radical (unpaired) electrons. The van der Waals surface area contributed by atoms with Crippen LogP contribution in [0.15, 0.2) is 24.3 Å². The maximum absolute atomic E-state index is 5.96. The normalized spacial score (nSPS) is 13.7. The molecule has 17 heavy (non-hydrogen) atoms. The van der Waals surface area contributed by atoms with Gasteiger partial charge >= 0.3 is 0 Å². The Morgan fingerprint density at radius 1 is 1.29 bits per heavy atom. The van der Waals surface area contributed by atoms with Crippen LogP contribution < -0.4 is 0 Å². The van der Waals surface area contributed by atoms with E-state index >= 15 is 0 Å². The van der Waals surface area contributed by atoms with Gasteiger partial charge in [-0.15, -0.1) is 0 Å². The van der Waals surface area contributed by atoms with Gasteiger partial charge in [-0.1, -0.05) is 66.5 Å². The Morgan fingerprint density at radius 3 is 2.53 bits per heavy atom. The van der Waals surface area contributed by atoms with E-state index in [2.05, 4.69) is 67.9 Å². The Balaban J connectivity index is 2.54. The molecule has 0 saturated carbocycles. The number of benzene rings is 1. The van der Waals surface area contributed by atoms with E-state index in [0.29, 0.717) is 5.41 Å². The fourth-order valence-electron chi connectivity index (χ4n) is 1.61. The zero-order valence-corrected chi connectivity index (χ0v) is 12.9. The summed E-state index contributed by atoms with van der Waals surface area (Å²) in [6, 6.07) is 8.54. The molecule has 1 atom stereocenters. The lowest BCUT2D eigenvalue weighted by atomic mass is 9.93. The summed E-state index contributed by atoms with van der Waals surface area (Å²) in [4.78, 5) is 0. The lowest BCUT2D eigenvalue weighted by Gasteiger charge is -2.21. The molecular formula is C15H23BrO. The minimum absolute atomic E-state index is 0.164. The summed E-state index contributed by atoms with van der Waals surface area (Å²) < 4.78 is 5.96. The average molecular weight is 299 g/mol. The molecule has 1 aromatic rings. The molecule has 0 heterocycles. The van der Waals surface area contributed by atoms with Crippen molar-refractivity contribution in [2.24, 2.45) is 5.41 Å². The lowest BCUT2D eigenvalue weighted by Crippen LogP contribution is -2.13. The van der Waals surface area contributed by atoms with Gasteiger partial charge in [0.1, 0.15) is 0 Å². The van der Waals surface area contributed by atoms with Crippen LogP contribution in [0.25, 0.3) is 0 Å². The van der Waals surface area contributed by atoms with E-state index in [1.165, 1.54) is 11.1 Å². The van der Waals surface area contributed by atoms with Crippen molar-refractivity contribution in [3.8, 4) is 0 Å². The van der Waals surface area contributed by atoms with Gasteiger partial charge in [0.2, 0.25) is 0 Å². The molecule has 2 heteroatoms. The van der Waals surface area contributed by atoms with Crippen LogP contribution in [0.5, 0.6) is 0 Å². The van der Waals surface area contributed by atoms with Crippen molar-refractivity contribution in [1.29, 1.82) is 0 Å². The topological polar surface area (TPSA) is 9.23 Å². The maximum Gasteiger partial charge on any atom is 0.0921 e. The van der Waals surface area contributed by atoms with Crippen molar-refractivity contribution in [3.63, 3.8) is 0 Å². The van der Waals surface area contributed by atoms with Crippen molar-refractivity contribution in [1.82, 2.24) is 0 Å². The standard InChI is InChI=1S/C15H23BrO/c1-12-6-5-7-13(10-12)14(11-16)17-9-8-15(2,3)4/h5-7,10,14H,8-9,11H2,1-4H3. The maximum atomic E-state index is 5.96. The summed E-state index contributed by atoms with van der Waals surface area (Å²) in [6.07, 6.45) is 1.25. The molecular weight excluding hydrogens is 276 g/mol. The molecule has 1 nitrogen and oxygen atoms in total. The summed E-state index contributed by atoms with van der Waals surface area (Å²) in [5.74, 6) is 0. The molecule has 0 aliphatic carbocycles. The minimum atomic E-state index is 0.164. The molecule has 0 amide bonds. The number of aryl methyl sites for hydroxylation is 1. The molecule has 0 N–H and O–H groups in total. The molecule has 0 bridgehead atoms. The zero-order chi connectivity index (χ0) is 12.9. The van der Waals surface area contributed by atoms with E-state index in [0.717, 1.165) is 18.4 Å². The zero-order valence-electron chi connectivity index (χ0n) is 11.3. The number of ether oxygens (including phenoxy) is 1. The fourth-order valence-corrected chi connectivity index (χ4v) is 2.17. The Hall–Kier alpha value is -0.340. The highest BCUT2D eigenvalue weighted by Crippen LogP contribution is 2.24. The summed E-state index contributed by atoms with van der Waals surface area (Å²) >= 11 is 3.53. The fraction of sp³-hybridized carbons (Fsp3) is 0.600. The molecule has 0 aliphatic heterocycles. The molecule has 1 unspecified atom stereocenters. The van der Waals surface area contributed by atoms with Gasteiger partial charge in [0.05, 0.1) is 6.10 Å². The van der Waals surface area contributed by atoms with Crippen LogP contribution in [0, 0.1) is 12.3 Å². The molecule has 0 aliphatic rings. The predicted octanol–water partition coefficient (Wildman–Crippen LogP) is 4.88. The monoisotopic (exact) mass is 298 g/mol. The van der Waals surface area contributed by atoms with E-state index in [4.69, 9.17) is 4.74 Å². The lowest BCUT2D eigenvalue weighted by molar-refractivity contribution is 0.0521. The highest BCUT2D eigenvalue weighted by Gasteiger charge is 2.14. The Morgan fingerprint density at radius 2 is 2.00 bits per heavy atom. The second-order valence-corrected chi connectivity index (χ2v) is 6.39. The van der Waals surface area contributed by atoms with Crippen LogP contribution in [0.4, 0.5) is 0 Å². The number of alkyl halides is 1. The van der Waals surface area contributed by atoms with E-state index in [9.17, 15) is 0 Å². The SMILES string of the molecule is Cc1cccc(C(CBr)OCCC(C)(C)C)c1. The first kappa shape index (κ1) is 14.7. The van der Waals surface area contributed by atoms with E-state index in [1.807, 2.05) is 0 Å². The van der Waals surface area contributed by atoms with E-state index in [-0.39, 0.29) is 6.10 Å². The molecule has 0 spiro atoms. The van der Waals surface area contributed by atoms with Gasteiger partial charge in [0.15, 0.2) is 0 Å². The van der Waals surface area contributed by atoms with Crippen molar-refractivity contribution < 1.29 is 4.74 Å². The number of hydrogen-bond acceptors (Lipinski definition) is 1. The molecule has 1 rings (SSSR count). The number of rotatable bonds is 5. The Bertz CT molecular complexity index is 341. The van der Waals surface area contributed by atoms with Crippen molar-refractivity contribution in [2.45, 2.75) is 40.2 Å². The highest BCUT2D eigenvalue weighted by molar-refractivity contribution is 9.09. The summed E-state index contributed by atoms with van der Waals surface area (Å²) in [5, 5.41) is 0.848. The third kappa shape index (κ3) is 5.69. The van der Waals surface area contributed by atoms with Crippen LogP contribution in [0.3, 0.4) is 0 Å². The quantitative estimate of drug-likeness (QED) is 0.704. The van der Waals surface area contributed by atoms with Gasteiger partial charge in [-0.3, -0.25) is 0 Å². The molecule has 0 aromatic heterocycles. The number of halogens is 1. The van der Waals surface area contributed by atoms with Gasteiger partial charge in [-0.2, -0.15) is 0 Å². The molecule has 0 fully saturated rings. The van der Waals surface area contributed by atoms with Crippen LogP contribution in [0.1, 0.15) is 44.4 Å². The van der Waals surface area contributed by atoms with Gasteiger partial charge in [0.25, 0.3) is 0 Å². The van der Waals surface area contributed by atoms with Gasteiger partial charge in [-0.25, -0.2) is 0 Å². The van der Waals surface area contributed by atoms with Crippen molar-refractivity contribution in [3.05, 3.63) is 35.4 Å². The first-order chi connectivity index (χ1) is 7.92. The predicted molar refractivity (Wildman–Crippen MR) is 77.7 cm³/mol. The summed E-state index contributed by atoms with van der Waals surface area (Å²) in [6.45, 7) is 9.65. The first-order valence-electron chi connectivity index (χ1n) is 6.16. The van der Waals surface area contributed by atoms with Gasteiger partial charge < -0.3 is 4.74 Å². The first-order valence-corrected chi connectivity index (χ1v) is 7.28. The Labute approximate surface area is 114 Å². The summed E-state index contributed by atoms with van der Waals surface area (Å²) in [7, 11) is 0. The second kappa shape index (κ2) is 6.55. The van der Waals surface area contributed by atoms with Crippen molar-refractivity contribution in [2.75, 3.05) is 11.9 Å². The summed E-state index contributed by atoms with van der Waals surface area (Å²) in [5.41, 5.74) is 2.88. The van der Waals surface area contributed by atoms with Crippen LogP contribution in [-0.4, -0.2) is 11.9 Å². The van der Waals surface area contributed by atoms with Crippen LogP contribution >= 0.6 is 15.9 Å². The third-order valence-corrected chi connectivity index (χ3v) is 3.31. The van der Waals surface area contributed by atoms with E-state index in [1.54, 1.807) is 0 Å². The second-order valence-electron chi connectivity index (χ2n) is 5.74. The molecule has 1 aromatic carbocycles. The molecule has 0 saturated heterocycles. The Kier molecular flexibility index (Phi) is 5.68.